The molecule has 1 rings (SSSR count). The zero-order chi connectivity index (χ0) is 11.1. The predicted octanol–water partition coefficient (Wildman–Crippen LogP) is 1.82. The van der Waals surface area contributed by atoms with Gasteiger partial charge in [0.1, 0.15) is 0 Å². The van der Waals surface area contributed by atoms with E-state index in [1.165, 1.54) is 6.42 Å². The SMILES string of the molecule is CCCCNC(=S)NC1(C)CCCOC1. The molecule has 1 aliphatic rings. The van der Waals surface area contributed by atoms with Gasteiger partial charge in [0, 0.05) is 13.2 Å². The maximum atomic E-state index is 5.46. The van der Waals surface area contributed by atoms with Crippen LogP contribution in [0.5, 0.6) is 0 Å². The molecule has 1 aliphatic heterocycles. The Kier molecular flexibility index (Phi) is 5.32. The normalized spacial score (nSPS) is 26.0. The van der Waals surface area contributed by atoms with Gasteiger partial charge in [0.25, 0.3) is 0 Å². The molecule has 0 saturated carbocycles. The molecule has 0 spiro atoms. The summed E-state index contributed by atoms with van der Waals surface area (Å²) in [6.07, 6.45) is 4.59. The first-order chi connectivity index (χ1) is 7.16. The summed E-state index contributed by atoms with van der Waals surface area (Å²) in [5.74, 6) is 0. The van der Waals surface area contributed by atoms with Crippen molar-refractivity contribution in [1.82, 2.24) is 10.6 Å². The van der Waals surface area contributed by atoms with Gasteiger partial charge in [-0.05, 0) is 38.4 Å². The molecule has 0 amide bonds. The van der Waals surface area contributed by atoms with E-state index < -0.39 is 0 Å². The lowest BCUT2D eigenvalue weighted by Gasteiger charge is -2.35. The molecule has 0 aromatic rings. The minimum absolute atomic E-state index is 0.0224. The highest BCUT2D eigenvalue weighted by molar-refractivity contribution is 7.80. The standard InChI is InChI=1S/C11H22N2OS/c1-3-4-7-12-10(15)13-11(2)6-5-8-14-9-11/h3-9H2,1-2H3,(H2,12,13,15). The molecule has 3 nitrogen and oxygen atoms in total. The minimum Gasteiger partial charge on any atom is -0.379 e. The molecule has 1 unspecified atom stereocenters. The van der Waals surface area contributed by atoms with Gasteiger partial charge in [-0.25, -0.2) is 0 Å². The van der Waals surface area contributed by atoms with Crippen LogP contribution >= 0.6 is 12.2 Å². The quantitative estimate of drug-likeness (QED) is 0.570. The van der Waals surface area contributed by atoms with E-state index in [-0.39, 0.29) is 5.54 Å². The third kappa shape index (κ3) is 4.80. The lowest BCUT2D eigenvalue weighted by molar-refractivity contribution is 0.0370. The van der Waals surface area contributed by atoms with Gasteiger partial charge >= 0.3 is 0 Å². The van der Waals surface area contributed by atoms with E-state index in [1.54, 1.807) is 0 Å². The number of nitrogens with one attached hydrogen (secondary N) is 2. The number of unbranched alkanes of at least 4 members (excludes halogenated alkanes) is 1. The Bertz CT molecular complexity index is 203. The predicted molar refractivity (Wildman–Crippen MR) is 67.1 cm³/mol. The molecule has 2 N–H and O–H groups in total. The fourth-order valence-corrected chi connectivity index (χ4v) is 2.08. The van der Waals surface area contributed by atoms with Crippen molar-refractivity contribution in [2.24, 2.45) is 0 Å². The van der Waals surface area contributed by atoms with E-state index in [1.807, 2.05) is 0 Å². The largest absolute Gasteiger partial charge is 0.379 e. The van der Waals surface area contributed by atoms with Gasteiger partial charge in [0.15, 0.2) is 5.11 Å². The van der Waals surface area contributed by atoms with Crippen molar-refractivity contribution in [1.29, 1.82) is 0 Å². The van der Waals surface area contributed by atoms with Crippen LogP contribution in [0.15, 0.2) is 0 Å². The van der Waals surface area contributed by atoms with Gasteiger partial charge in [-0.15, -0.1) is 0 Å². The zero-order valence-corrected chi connectivity index (χ0v) is 10.6. The zero-order valence-electron chi connectivity index (χ0n) is 9.77. The average molecular weight is 230 g/mol. The van der Waals surface area contributed by atoms with Crippen LogP contribution in [-0.2, 0) is 4.74 Å². The van der Waals surface area contributed by atoms with Crippen molar-refractivity contribution in [3.05, 3.63) is 0 Å². The van der Waals surface area contributed by atoms with Gasteiger partial charge in [0.05, 0.1) is 12.1 Å². The van der Waals surface area contributed by atoms with E-state index in [0.717, 1.165) is 44.1 Å². The van der Waals surface area contributed by atoms with Crippen molar-refractivity contribution in [3.8, 4) is 0 Å². The first-order valence-corrected chi connectivity index (χ1v) is 6.21. The molecule has 1 atom stereocenters. The van der Waals surface area contributed by atoms with Crippen LogP contribution < -0.4 is 10.6 Å². The number of hydrogen-bond acceptors (Lipinski definition) is 2. The summed E-state index contributed by atoms with van der Waals surface area (Å²) in [6.45, 7) is 6.93. The van der Waals surface area contributed by atoms with Gasteiger partial charge in [-0.2, -0.15) is 0 Å². The average Bonchev–Trinajstić information content (AvgIpc) is 2.18. The Hall–Kier alpha value is -0.350. The summed E-state index contributed by atoms with van der Waals surface area (Å²) in [5, 5.41) is 7.33. The van der Waals surface area contributed by atoms with Gasteiger partial charge in [-0.1, -0.05) is 13.3 Å². The van der Waals surface area contributed by atoms with Gasteiger partial charge in [0.2, 0.25) is 0 Å². The molecule has 0 bridgehead atoms. The molecular formula is C11H22N2OS. The molecule has 1 fully saturated rings. The molecule has 15 heavy (non-hydrogen) atoms. The van der Waals surface area contributed by atoms with Crippen molar-refractivity contribution < 1.29 is 4.74 Å². The summed E-state index contributed by atoms with van der Waals surface area (Å²) in [6, 6.07) is 0. The Morgan fingerprint density at radius 2 is 2.33 bits per heavy atom. The molecule has 88 valence electrons. The smallest absolute Gasteiger partial charge is 0.166 e. The van der Waals surface area contributed by atoms with E-state index in [0.29, 0.717) is 0 Å². The first-order valence-electron chi connectivity index (χ1n) is 5.80. The van der Waals surface area contributed by atoms with E-state index in [4.69, 9.17) is 17.0 Å². The van der Waals surface area contributed by atoms with Crippen molar-refractivity contribution >= 4 is 17.3 Å². The number of thiocarbonyl (C=S) groups is 1. The third-order valence-corrected chi connectivity index (χ3v) is 2.92. The second-order valence-electron chi connectivity index (χ2n) is 4.45. The molecular weight excluding hydrogens is 208 g/mol. The van der Waals surface area contributed by atoms with Crippen molar-refractivity contribution in [2.45, 2.75) is 45.1 Å². The van der Waals surface area contributed by atoms with Crippen LogP contribution in [-0.4, -0.2) is 30.4 Å². The van der Waals surface area contributed by atoms with Crippen molar-refractivity contribution in [2.75, 3.05) is 19.8 Å². The highest BCUT2D eigenvalue weighted by Crippen LogP contribution is 2.17. The third-order valence-electron chi connectivity index (χ3n) is 2.67. The topological polar surface area (TPSA) is 33.3 Å². The Labute approximate surface area is 98.0 Å². The molecule has 1 heterocycles. The Morgan fingerprint density at radius 1 is 1.53 bits per heavy atom. The van der Waals surface area contributed by atoms with Crippen LogP contribution in [0, 0.1) is 0 Å². The number of ether oxygens (including phenoxy) is 1. The monoisotopic (exact) mass is 230 g/mol. The molecule has 0 aromatic heterocycles. The fourth-order valence-electron chi connectivity index (χ4n) is 1.73. The second kappa shape index (κ2) is 6.28. The summed E-state index contributed by atoms with van der Waals surface area (Å²) >= 11 is 5.24. The van der Waals surface area contributed by atoms with E-state index in [9.17, 15) is 0 Å². The molecule has 4 heteroatoms. The lowest BCUT2D eigenvalue weighted by Crippen LogP contribution is -2.54. The number of rotatable bonds is 4. The summed E-state index contributed by atoms with van der Waals surface area (Å²) in [7, 11) is 0. The summed E-state index contributed by atoms with van der Waals surface area (Å²) in [5.41, 5.74) is 0.0224. The maximum Gasteiger partial charge on any atom is 0.166 e. The van der Waals surface area contributed by atoms with E-state index in [2.05, 4.69) is 24.5 Å². The Balaban J connectivity index is 2.23. The second-order valence-corrected chi connectivity index (χ2v) is 4.86. The fraction of sp³-hybridized carbons (Fsp3) is 0.909. The molecule has 0 aliphatic carbocycles. The molecule has 0 radical (unpaired) electrons. The van der Waals surface area contributed by atoms with Crippen LogP contribution in [0.1, 0.15) is 39.5 Å². The van der Waals surface area contributed by atoms with Crippen LogP contribution in [0.25, 0.3) is 0 Å². The first kappa shape index (κ1) is 12.7. The summed E-state index contributed by atoms with van der Waals surface area (Å²) in [4.78, 5) is 0. The highest BCUT2D eigenvalue weighted by Gasteiger charge is 2.27. The van der Waals surface area contributed by atoms with Gasteiger partial charge < -0.3 is 15.4 Å². The van der Waals surface area contributed by atoms with Crippen LogP contribution in [0.4, 0.5) is 0 Å². The molecule has 1 saturated heterocycles. The van der Waals surface area contributed by atoms with E-state index >= 15 is 0 Å². The minimum atomic E-state index is 0.0224. The molecule has 0 aromatic carbocycles. The van der Waals surface area contributed by atoms with Gasteiger partial charge in [-0.3, -0.25) is 0 Å². The highest BCUT2D eigenvalue weighted by atomic mass is 32.1. The summed E-state index contributed by atoms with van der Waals surface area (Å²) < 4.78 is 5.46. The Morgan fingerprint density at radius 3 is 2.93 bits per heavy atom. The van der Waals surface area contributed by atoms with Crippen molar-refractivity contribution in [3.63, 3.8) is 0 Å². The lowest BCUT2D eigenvalue weighted by atomic mass is 9.95. The van der Waals surface area contributed by atoms with Crippen LogP contribution in [0.3, 0.4) is 0 Å². The maximum absolute atomic E-state index is 5.46. The van der Waals surface area contributed by atoms with Crippen LogP contribution in [0.2, 0.25) is 0 Å². The number of hydrogen-bond donors (Lipinski definition) is 2.